The van der Waals surface area contributed by atoms with Gasteiger partial charge < -0.3 is 4.74 Å². The van der Waals surface area contributed by atoms with Gasteiger partial charge in [-0.05, 0) is 30.3 Å². The Kier molecular flexibility index (Phi) is 2.45. The predicted octanol–water partition coefficient (Wildman–Crippen LogP) is 3.31. The van der Waals surface area contributed by atoms with Crippen molar-refractivity contribution in [1.29, 1.82) is 0 Å². The van der Waals surface area contributed by atoms with Crippen molar-refractivity contribution in [2.75, 3.05) is 0 Å². The van der Waals surface area contributed by atoms with E-state index < -0.39 is 0 Å². The number of pyridine rings is 1. The molecule has 3 heteroatoms. The Morgan fingerprint density at radius 2 is 1.78 bits per heavy atom. The van der Waals surface area contributed by atoms with Crippen LogP contribution in [0.25, 0.3) is 21.8 Å². The molecule has 0 atom stereocenters. The standard InChI is InChI=1S/C15H11NO2/c1-10(17)18-13-6-7-15-12(9-13)8-11-4-2-3-5-14(11)16-15/h2-9H,1H3. The van der Waals surface area contributed by atoms with Crippen molar-refractivity contribution >= 4 is 27.8 Å². The number of carbonyl (C=O) groups is 1. The predicted molar refractivity (Wildman–Crippen MR) is 70.6 cm³/mol. The SMILES string of the molecule is CC(=O)Oc1ccc2nc3ccccc3cc2c1. The van der Waals surface area contributed by atoms with Crippen LogP contribution in [0.15, 0.2) is 48.5 Å². The minimum atomic E-state index is -0.317. The molecule has 0 aliphatic carbocycles. The number of rotatable bonds is 1. The highest BCUT2D eigenvalue weighted by molar-refractivity contribution is 5.93. The quantitative estimate of drug-likeness (QED) is 0.370. The van der Waals surface area contributed by atoms with Crippen LogP contribution in [0.1, 0.15) is 6.92 Å². The van der Waals surface area contributed by atoms with Crippen LogP contribution in [-0.4, -0.2) is 11.0 Å². The first-order valence-corrected chi connectivity index (χ1v) is 5.70. The van der Waals surface area contributed by atoms with Crippen molar-refractivity contribution in [2.45, 2.75) is 6.92 Å². The molecule has 0 bridgehead atoms. The number of benzene rings is 2. The second kappa shape index (κ2) is 4.11. The van der Waals surface area contributed by atoms with Gasteiger partial charge in [0.25, 0.3) is 0 Å². The van der Waals surface area contributed by atoms with E-state index in [4.69, 9.17) is 4.74 Å². The molecule has 1 aromatic heterocycles. The molecule has 18 heavy (non-hydrogen) atoms. The molecule has 3 rings (SSSR count). The van der Waals surface area contributed by atoms with Gasteiger partial charge in [0.15, 0.2) is 0 Å². The van der Waals surface area contributed by atoms with Crippen molar-refractivity contribution < 1.29 is 9.53 Å². The summed E-state index contributed by atoms with van der Waals surface area (Å²) in [6.45, 7) is 1.39. The third-order valence-electron chi connectivity index (χ3n) is 2.75. The van der Waals surface area contributed by atoms with Gasteiger partial charge in [-0.1, -0.05) is 18.2 Å². The Balaban J connectivity index is 2.20. The number of fused-ring (bicyclic) bond motifs is 2. The highest BCUT2D eigenvalue weighted by atomic mass is 16.5. The summed E-state index contributed by atoms with van der Waals surface area (Å²) in [5, 5.41) is 2.04. The topological polar surface area (TPSA) is 39.2 Å². The van der Waals surface area contributed by atoms with Crippen molar-refractivity contribution in [3.63, 3.8) is 0 Å². The van der Waals surface area contributed by atoms with Gasteiger partial charge in [0, 0.05) is 17.7 Å². The summed E-state index contributed by atoms with van der Waals surface area (Å²) < 4.78 is 5.07. The third kappa shape index (κ3) is 1.91. The van der Waals surface area contributed by atoms with Crippen molar-refractivity contribution in [3.05, 3.63) is 48.5 Å². The number of ether oxygens (including phenoxy) is 1. The number of carbonyl (C=O) groups excluding carboxylic acids is 1. The largest absolute Gasteiger partial charge is 0.427 e. The van der Waals surface area contributed by atoms with Gasteiger partial charge in [-0.25, -0.2) is 4.98 Å². The van der Waals surface area contributed by atoms with Gasteiger partial charge in [-0.3, -0.25) is 4.79 Å². The van der Waals surface area contributed by atoms with Crippen LogP contribution >= 0.6 is 0 Å². The molecule has 88 valence electrons. The second-order valence-electron chi connectivity index (χ2n) is 4.13. The lowest BCUT2D eigenvalue weighted by Gasteiger charge is -2.04. The Labute approximate surface area is 104 Å². The summed E-state index contributed by atoms with van der Waals surface area (Å²) in [5.41, 5.74) is 1.86. The second-order valence-corrected chi connectivity index (χ2v) is 4.13. The molecule has 2 aromatic carbocycles. The van der Waals surface area contributed by atoms with Crippen LogP contribution in [0.5, 0.6) is 5.75 Å². The van der Waals surface area contributed by atoms with Crippen molar-refractivity contribution in [1.82, 2.24) is 4.98 Å². The number of hydrogen-bond donors (Lipinski definition) is 0. The van der Waals surface area contributed by atoms with Crippen LogP contribution in [0, 0.1) is 0 Å². The fourth-order valence-corrected chi connectivity index (χ4v) is 1.99. The van der Waals surface area contributed by atoms with Gasteiger partial charge in [-0.2, -0.15) is 0 Å². The summed E-state index contributed by atoms with van der Waals surface area (Å²) in [5.74, 6) is 0.232. The van der Waals surface area contributed by atoms with E-state index in [1.165, 1.54) is 6.92 Å². The fourth-order valence-electron chi connectivity index (χ4n) is 1.99. The van der Waals surface area contributed by atoms with E-state index in [9.17, 15) is 4.79 Å². The zero-order chi connectivity index (χ0) is 12.5. The molecule has 0 saturated carbocycles. The molecular weight excluding hydrogens is 226 g/mol. The first kappa shape index (κ1) is 10.7. The minimum absolute atomic E-state index is 0.317. The highest BCUT2D eigenvalue weighted by Gasteiger charge is 2.03. The summed E-state index contributed by atoms with van der Waals surface area (Å²) in [7, 11) is 0. The first-order chi connectivity index (χ1) is 8.72. The molecule has 3 nitrogen and oxygen atoms in total. The Morgan fingerprint density at radius 1 is 1.00 bits per heavy atom. The van der Waals surface area contributed by atoms with Crippen LogP contribution < -0.4 is 4.74 Å². The average molecular weight is 237 g/mol. The molecule has 3 aromatic rings. The maximum atomic E-state index is 10.9. The lowest BCUT2D eigenvalue weighted by atomic mass is 10.1. The molecule has 0 unspecified atom stereocenters. The van der Waals surface area contributed by atoms with Crippen LogP contribution in [-0.2, 0) is 4.79 Å². The Bertz CT molecular complexity index is 750. The molecule has 0 aliphatic rings. The molecule has 0 amide bonds. The Morgan fingerprint density at radius 3 is 2.61 bits per heavy atom. The third-order valence-corrected chi connectivity index (χ3v) is 2.75. The van der Waals surface area contributed by atoms with Gasteiger partial charge in [0.05, 0.1) is 11.0 Å². The maximum absolute atomic E-state index is 10.9. The molecule has 0 N–H and O–H groups in total. The van der Waals surface area contributed by atoms with Crippen LogP contribution in [0.4, 0.5) is 0 Å². The Hall–Kier alpha value is -2.42. The minimum Gasteiger partial charge on any atom is -0.427 e. The van der Waals surface area contributed by atoms with E-state index >= 15 is 0 Å². The van der Waals surface area contributed by atoms with E-state index in [2.05, 4.69) is 4.98 Å². The molecule has 0 radical (unpaired) electrons. The molecule has 0 saturated heterocycles. The number of para-hydroxylation sites is 1. The number of hydrogen-bond acceptors (Lipinski definition) is 3. The summed E-state index contributed by atoms with van der Waals surface area (Å²) >= 11 is 0. The molecule has 0 spiro atoms. The zero-order valence-corrected chi connectivity index (χ0v) is 9.88. The zero-order valence-electron chi connectivity index (χ0n) is 9.88. The molecule has 0 aliphatic heterocycles. The maximum Gasteiger partial charge on any atom is 0.308 e. The first-order valence-electron chi connectivity index (χ1n) is 5.70. The summed E-state index contributed by atoms with van der Waals surface area (Å²) in [4.78, 5) is 15.5. The van der Waals surface area contributed by atoms with E-state index in [0.717, 1.165) is 21.8 Å². The van der Waals surface area contributed by atoms with Gasteiger partial charge in [0.2, 0.25) is 0 Å². The normalized spacial score (nSPS) is 10.7. The molecular formula is C15H11NO2. The van der Waals surface area contributed by atoms with Gasteiger partial charge in [-0.15, -0.1) is 0 Å². The fraction of sp³-hybridized carbons (Fsp3) is 0.0667. The number of aromatic nitrogens is 1. The monoisotopic (exact) mass is 237 g/mol. The average Bonchev–Trinajstić information content (AvgIpc) is 2.35. The van der Waals surface area contributed by atoms with Crippen molar-refractivity contribution in [2.24, 2.45) is 0 Å². The molecule has 0 fully saturated rings. The van der Waals surface area contributed by atoms with E-state index in [1.54, 1.807) is 6.07 Å². The smallest absolute Gasteiger partial charge is 0.308 e. The number of nitrogens with zero attached hydrogens (tertiary/aromatic N) is 1. The van der Waals surface area contributed by atoms with E-state index in [1.807, 2.05) is 42.5 Å². The van der Waals surface area contributed by atoms with Crippen molar-refractivity contribution in [3.8, 4) is 5.75 Å². The van der Waals surface area contributed by atoms with Gasteiger partial charge in [0.1, 0.15) is 5.75 Å². The number of esters is 1. The van der Waals surface area contributed by atoms with Gasteiger partial charge >= 0.3 is 5.97 Å². The summed E-state index contributed by atoms with van der Waals surface area (Å²) in [6.07, 6.45) is 0. The van der Waals surface area contributed by atoms with Crippen LogP contribution in [0.2, 0.25) is 0 Å². The summed E-state index contributed by atoms with van der Waals surface area (Å²) in [6, 6.07) is 15.4. The lowest BCUT2D eigenvalue weighted by molar-refractivity contribution is -0.131. The van der Waals surface area contributed by atoms with E-state index in [-0.39, 0.29) is 5.97 Å². The molecule has 1 heterocycles. The lowest BCUT2D eigenvalue weighted by Crippen LogP contribution is -2.01. The van der Waals surface area contributed by atoms with Crippen LogP contribution in [0.3, 0.4) is 0 Å². The highest BCUT2D eigenvalue weighted by Crippen LogP contribution is 2.23. The van der Waals surface area contributed by atoms with E-state index in [0.29, 0.717) is 5.75 Å².